The molecule has 0 amide bonds. The van der Waals surface area contributed by atoms with E-state index in [0.717, 1.165) is 45.7 Å². The van der Waals surface area contributed by atoms with E-state index in [-0.39, 0.29) is 0 Å². The van der Waals surface area contributed by atoms with Gasteiger partial charge in [0.2, 0.25) is 0 Å². The molecule has 2 heterocycles. The Bertz CT molecular complexity index is 728. The quantitative estimate of drug-likeness (QED) is 0.689. The van der Waals surface area contributed by atoms with Gasteiger partial charge in [-0.25, -0.2) is 4.98 Å². The number of halogens is 1. The molecule has 0 bridgehead atoms. The monoisotopic (exact) mass is 329 g/mol. The van der Waals surface area contributed by atoms with Crippen LogP contribution in [0.15, 0.2) is 54.9 Å². The van der Waals surface area contributed by atoms with Crippen molar-refractivity contribution in [1.82, 2.24) is 15.3 Å². The smallest absolute Gasteiger partial charge is 0.107 e. The predicted octanol–water partition coefficient (Wildman–Crippen LogP) is 4.19. The summed E-state index contributed by atoms with van der Waals surface area (Å²) >= 11 is 7.72. The SMILES string of the molecule is Clc1cccc(-c2cnc(CNCCc3ccccn3)s2)c1. The Morgan fingerprint density at radius 3 is 2.86 bits per heavy atom. The molecule has 2 aromatic heterocycles. The van der Waals surface area contributed by atoms with Crippen LogP contribution >= 0.6 is 22.9 Å². The van der Waals surface area contributed by atoms with Crippen molar-refractivity contribution in [2.45, 2.75) is 13.0 Å². The van der Waals surface area contributed by atoms with Crippen molar-refractivity contribution in [2.24, 2.45) is 0 Å². The Labute approximate surface area is 139 Å². The standard InChI is InChI=1S/C17H16ClN3S/c18-14-5-3-4-13(10-14)16-11-21-17(22-16)12-19-9-7-15-6-1-2-8-20-15/h1-6,8,10-11,19H,7,9,12H2. The fraction of sp³-hybridized carbons (Fsp3) is 0.176. The molecular formula is C17H16ClN3S. The molecule has 0 saturated carbocycles. The van der Waals surface area contributed by atoms with Crippen LogP contribution in [0, 0.1) is 0 Å². The highest BCUT2D eigenvalue weighted by Gasteiger charge is 2.05. The van der Waals surface area contributed by atoms with Crippen LogP contribution in [-0.4, -0.2) is 16.5 Å². The highest BCUT2D eigenvalue weighted by Crippen LogP contribution is 2.27. The van der Waals surface area contributed by atoms with Gasteiger partial charge in [-0.15, -0.1) is 11.3 Å². The summed E-state index contributed by atoms with van der Waals surface area (Å²) in [4.78, 5) is 9.92. The van der Waals surface area contributed by atoms with Gasteiger partial charge in [0.1, 0.15) is 5.01 Å². The summed E-state index contributed by atoms with van der Waals surface area (Å²) < 4.78 is 0. The number of hydrogen-bond donors (Lipinski definition) is 1. The molecule has 0 aliphatic rings. The van der Waals surface area contributed by atoms with E-state index in [0.29, 0.717) is 0 Å². The van der Waals surface area contributed by atoms with Gasteiger partial charge in [0.15, 0.2) is 0 Å². The van der Waals surface area contributed by atoms with E-state index in [1.54, 1.807) is 11.3 Å². The number of pyridine rings is 1. The molecule has 0 unspecified atom stereocenters. The predicted molar refractivity (Wildman–Crippen MR) is 92.2 cm³/mol. The lowest BCUT2D eigenvalue weighted by Crippen LogP contribution is -2.16. The normalized spacial score (nSPS) is 10.8. The highest BCUT2D eigenvalue weighted by atomic mass is 35.5. The van der Waals surface area contributed by atoms with Gasteiger partial charge in [0.05, 0.1) is 4.88 Å². The van der Waals surface area contributed by atoms with Crippen LogP contribution in [0.2, 0.25) is 5.02 Å². The van der Waals surface area contributed by atoms with E-state index in [2.05, 4.69) is 21.4 Å². The molecule has 3 aromatic rings. The molecule has 1 N–H and O–H groups in total. The molecule has 0 spiro atoms. The zero-order valence-electron chi connectivity index (χ0n) is 12.0. The van der Waals surface area contributed by atoms with Gasteiger partial charge >= 0.3 is 0 Å². The number of nitrogens with one attached hydrogen (secondary N) is 1. The van der Waals surface area contributed by atoms with Crippen LogP contribution in [0.5, 0.6) is 0 Å². The molecule has 1 aromatic carbocycles. The first kappa shape index (κ1) is 15.2. The summed E-state index contributed by atoms with van der Waals surface area (Å²) in [6.45, 7) is 1.67. The second kappa shape index (κ2) is 7.49. The first-order chi connectivity index (χ1) is 10.8. The maximum atomic E-state index is 6.03. The van der Waals surface area contributed by atoms with Crippen LogP contribution in [0.3, 0.4) is 0 Å². The first-order valence-corrected chi connectivity index (χ1v) is 8.32. The molecule has 0 aliphatic carbocycles. The van der Waals surface area contributed by atoms with Gasteiger partial charge in [-0.2, -0.15) is 0 Å². The highest BCUT2D eigenvalue weighted by molar-refractivity contribution is 7.15. The summed E-state index contributed by atoms with van der Waals surface area (Å²) in [7, 11) is 0. The van der Waals surface area contributed by atoms with E-state index in [1.807, 2.05) is 48.8 Å². The fourth-order valence-corrected chi connectivity index (χ4v) is 3.20. The average molecular weight is 330 g/mol. The largest absolute Gasteiger partial charge is 0.310 e. The van der Waals surface area contributed by atoms with Crippen LogP contribution in [0.1, 0.15) is 10.7 Å². The van der Waals surface area contributed by atoms with Crippen LogP contribution in [-0.2, 0) is 13.0 Å². The number of nitrogens with zero attached hydrogens (tertiary/aromatic N) is 2. The molecule has 0 atom stereocenters. The maximum absolute atomic E-state index is 6.03. The molecule has 0 fully saturated rings. The van der Waals surface area contributed by atoms with E-state index in [1.165, 1.54) is 0 Å². The second-order valence-electron chi connectivity index (χ2n) is 4.88. The van der Waals surface area contributed by atoms with Gasteiger partial charge in [-0.05, 0) is 29.8 Å². The summed E-state index contributed by atoms with van der Waals surface area (Å²) in [5.41, 5.74) is 2.22. The van der Waals surface area contributed by atoms with Gasteiger partial charge in [-0.3, -0.25) is 4.98 Å². The zero-order chi connectivity index (χ0) is 15.2. The van der Waals surface area contributed by atoms with Crippen LogP contribution in [0.4, 0.5) is 0 Å². The average Bonchev–Trinajstić information content (AvgIpc) is 3.02. The third-order valence-corrected chi connectivity index (χ3v) is 4.50. The number of aromatic nitrogens is 2. The third-order valence-electron chi connectivity index (χ3n) is 3.22. The number of hydrogen-bond acceptors (Lipinski definition) is 4. The minimum Gasteiger partial charge on any atom is -0.310 e. The lowest BCUT2D eigenvalue weighted by molar-refractivity contribution is 0.677. The number of rotatable bonds is 6. The lowest BCUT2D eigenvalue weighted by Gasteiger charge is -2.02. The van der Waals surface area contributed by atoms with E-state index < -0.39 is 0 Å². The second-order valence-corrected chi connectivity index (χ2v) is 6.43. The van der Waals surface area contributed by atoms with Crippen molar-refractivity contribution in [2.75, 3.05) is 6.54 Å². The topological polar surface area (TPSA) is 37.8 Å². The van der Waals surface area contributed by atoms with Gasteiger partial charge in [-0.1, -0.05) is 29.8 Å². The van der Waals surface area contributed by atoms with Crippen molar-refractivity contribution in [3.05, 3.63) is 70.6 Å². The van der Waals surface area contributed by atoms with Gasteiger partial charge in [0.25, 0.3) is 0 Å². The van der Waals surface area contributed by atoms with Crippen LogP contribution in [0.25, 0.3) is 10.4 Å². The van der Waals surface area contributed by atoms with E-state index in [9.17, 15) is 0 Å². The van der Waals surface area contributed by atoms with Crippen molar-refractivity contribution in [3.63, 3.8) is 0 Å². The van der Waals surface area contributed by atoms with Crippen molar-refractivity contribution in [1.29, 1.82) is 0 Å². The molecule has 0 saturated heterocycles. The minimum absolute atomic E-state index is 0.751. The molecular weight excluding hydrogens is 314 g/mol. The lowest BCUT2D eigenvalue weighted by atomic mass is 10.2. The first-order valence-electron chi connectivity index (χ1n) is 7.12. The fourth-order valence-electron chi connectivity index (χ4n) is 2.12. The molecule has 22 heavy (non-hydrogen) atoms. The third kappa shape index (κ3) is 4.13. The van der Waals surface area contributed by atoms with E-state index >= 15 is 0 Å². The Morgan fingerprint density at radius 2 is 2.05 bits per heavy atom. The molecule has 5 heteroatoms. The Balaban J connectivity index is 1.52. The van der Waals surface area contributed by atoms with Crippen molar-refractivity contribution in [3.8, 4) is 10.4 Å². The molecule has 112 valence electrons. The minimum atomic E-state index is 0.751. The van der Waals surface area contributed by atoms with Crippen LogP contribution < -0.4 is 5.32 Å². The maximum Gasteiger partial charge on any atom is 0.107 e. The number of benzene rings is 1. The zero-order valence-corrected chi connectivity index (χ0v) is 13.6. The summed E-state index contributed by atoms with van der Waals surface area (Å²) in [6, 6.07) is 13.9. The number of thiazole rings is 1. The summed E-state index contributed by atoms with van der Waals surface area (Å²) in [5.74, 6) is 0. The van der Waals surface area contributed by atoms with Crippen molar-refractivity contribution < 1.29 is 0 Å². The van der Waals surface area contributed by atoms with Gasteiger partial charge < -0.3 is 5.32 Å². The summed E-state index contributed by atoms with van der Waals surface area (Å²) in [5, 5.41) is 5.24. The summed E-state index contributed by atoms with van der Waals surface area (Å²) in [6.07, 6.45) is 4.66. The van der Waals surface area contributed by atoms with Crippen molar-refractivity contribution >= 4 is 22.9 Å². The molecule has 3 rings (SSSR count). The Hall–Kier alpha value is -1.75. The Morgan fingerprint density at radius 1 is 1.09 bits per heavy atom. The Kier molecular flexibility index (Phi) is 5.16. The molecule has 0 radical (unpaired) electrons. The van der Waals surface area contributed by atoms with Gasteiger partial charge in [0, 0.05) is 42.6 Å². The molecule has 0 aliphatic heterocycles. The van der Waals surface area contributed by atoms with E-state index in [4.69, 9.17) is 11.6 Å². The molecule has 3 nitrogen and oxygen atoms in total.